The van der Waals surface area contributed by atoms with Crippen LogP contribution in [-0.2, 0) is 17.9 Å². The van der Waals surface area contributed by atoms with Crippen molar-refractivity contribution in [3.05, 3.63) is 112 Å². The van der Waals surface area contributed by atoms with Crippen molar-refractivity contribution < 1.29 is 23.5 Å². The number of amides is 3. The Bertz CT molecular complexity index is 1460. The third-order valence-corrected chi connectivity index (χ3v) is 6.83. The summed E-state index contributed by atoms with van der Waals surface area (Å²) in [5.41, 5.74) is 13.0. The first-order valence-electron chi connectivity index (χ1n) is 11.8. The Balaban J connectivity index is 1.77. The van der Waals surface area contributed by atoms with Crippen molar-refractivity contribution in [2.45, 2.75) is 19.1 Å². The van der Waals surface area contributed by atoms with Gasteiger partial charge in [0.1, 0.15) is 22.5 Å². The minimum Gasteiger partial charge on any atom is -0.497 e. The third-order valence-electron chi connectivity index (χ3n) is 5.98. The maximum Gasteiger partial charge on any atom is 0.270 e. The molecule has 0 aliphatic carbocycles. The molecule has 0 aliphatic heterocycles. The number of rotatable bonds is 10. The Morgan fingerprint density at radius 3 is 2.26 bits per heavy atom. The molecule has 3 amide bonds. The Labute approximate surface area is 228 Å². The molecule has 0 fully saturated rings. The summed E-state index contributed by atoms with van der Waals surface area (Å²) in [6.07, 6.45) is 0. The number of nitrogens with two attached hydrogens (primary N) is 2. The van der Waals surface area contributed by atoms with Gasteiger partial charge in [0.25, 0.3) is 11.8 Å². The molecule has 1 heterocycles. The standard InChI is InChI=1S/C28H26FN5O4S/c1-38-21-13-7-18(8-14-21)16-34(28(37)25-22(30)23(26(31)35)33-39-25)24(19-9-11-20(29)12-10-19)27(36)32-15-17-5-3-2-4-6-17/h2-14,24H,15-16,30H2,1H3,(H2,31,35)(H,32,36). The number of primary amides is 1. The molecule has 4 aromatic rings. The van der Waals surface area contributed by atoms with Gasteiger partial charge in [0.2, 0.25) is 5.91 Å². The summed E-state index contributed by atoms with van der Waals surface area (Å²) in [4.78, 5) is 40.7. The molecule has 9 nitrogen and oxygen atoms in total. The summed E-state index contributed by atoms with van der Waals surface area (Å²) in [6.45, 7) is 0.184. The van der Waals surface area contributed by atoms with Crippen molar-refractivity contribution in [1.29, 1.82) is 0 Å². The van der Waals surface area contributed by atoms with Crippen LogP contribution >= 0.6 is 11.5 Å². The minimum absolute atomic E-state index is 0.0210. The van der Waals surface area contributed by atoms with Crippen molar-refractivity contribution in [1.82, 2.24) is 14.6 Å². The van der Waals surface area contributed by atoms with Crippen LogP contribution in [0.15, 0.2) is 78.9 Å². The van der Waals surface area contributed by atoms with E-state index in [9.17, 15) is 18.8 Å². The van der Waals surface area contributed by atoms with Gasteiger partial charge in [-0.15, -0.1) is 0 Å². The summed E-state index contributed by atoms with van der Waals surface area (Å²) < 4.78 is 23.0. The number of ether oxygens (including phenoxy) is 1. The zero-order valence-electron chi connectivity index (χ0n) is 21.0. The highest BCUT2D eigenvalue weighted by Crippen LogP contribution is 2.31. The van der Waals surface area contributed by atoms with Crippen LogP contribution in [0.1, 0.15) is 42.9 Å². The number of anilines is 1. The molecule has 4 rings (SSSR count). The molecule has 0 radical (unpaired) electrons. The maximum atomic E-state index is 14.0. The van der Waals surface area contributed by atoms with Gasteiger partial charge in [-0.1, -0.05) is 54.6 Å². The van der Waals surface area contributed by atoms with E-state index in [1.165, 1.54) is 36.3 Å². The summed E-state index contributed by atoms with van der Waals surface area (Å²) >= 11 is 0.716. The van der Waals surface area contributed by atoms with Gasteiger partial charge in [-0.05, 0) is 52.5 Å². The second-order valence-corrected chi connectivity index (χ2v) is 9.35. The molecule has 200 valence electrons. The second-order valence-electron chi connectivity index (χ2n) is 8.58. The molecule has 11 heteroatoms. The lowest BCUT2D eigenvalue weighted by Gasteiger charge is -2.31. The number of hydrogen-bond donors (Lipinski definition) is 3. The fourth-order valence-corrected chi connectivity index (χ4v) is 4.73. The molecule has 0 saturated carbocycles. The third kappa shape index (κ3) is 6.39. The zero-order valence-corrected chi connectivity index (χ0v) is 21.8. The van der Waals surface area contributed by atoms with Gasteiger partial charge in [0.05, 0.1) is 12.8 Å². The molecule has 1 unspecified atom stereocenters. The average molecular weight is 548 g/mol. The SMILES string of the molecule is COc1ccc(CN(C(=O)c2snc(C(N)=O)c2N)C(C(=O)NCc2ccccc2)c2ccc(F)cc2)cc1. The van der Waals surface area contributed by atoms with E-state index in [1.54, 1.807) is 24.3 Å². The summed E-state index contributed by atoms with van der Waals surface area (Å²) in [5, 5.41) is 2.88. The highest BCUT2D eigenvalue weighted by atomic mass is 32.1. The highest BCUT2D eigenvalue weighted by molar-refractivity contribution is 7.09. The average Bonchev–Trinajstić information content (AvgIpc) is 3.34. The van der Waals surface area contributed by atoms with Crippen molar-refractivity contribution in [2.75, 3.05) is 12.8 Å². The number of nitrogens with one attached hydrogen (secondary N) is 1. The molecule has 1 atom stereocenters. The van der Waals surface area contributed by atoms with Gasteiger partial charge in [-0.2, -0.15) is 4.37 Å². The van der Waals surface area contributed by atoms with Crippen molar-refractivity contribution in [3.63, 3.8) is 0 Å². The smallest absolute Gasteiger partial charge is 0.270 e. The number of halogens is 1. The van der Waals surface area contributed by atoms with E-state index in [1.807, 2.05) is 30.3 Å². The van der Waals surface area contributed by atoms with Crippen molar-refractivity contribution in [2.24, 2.45) is 5.73 Å². The van der Waals surface area contributed by atoms with Gasteiger partial charge in [-0.25, -0.2) is 4.39 Å². The minimum atomic E-state index is -1.18. The predicted octanol–water partition coefficient (Wildman–Crippen LogP) is 3.67. The maximum absolute atomic E-state index is 14.0. The molecule has 1 aromatic heterocycles. The number of methoxy groups -OCH3 is 1. The summed E-state index contributed by atoms with van der Waals surface area (Å²) in [6, 6.07) is 20.4. The van der Waals surface area contributed by atoms with Crippen LogP contribution in [0, 0.1) is 5.82 Å². The van der Waals surface area contributed by atoms with Gasteiger partial charge in [0.15, 0.2) is 5.69 Å². The molecule has 0 spiro atoms. The van der Waals surface area contributed by atoms with Gasteiger partial charge in [0, 0.05) is 13.1 Å². The lowest BCUT2D eigenvalue weighted by Crippen LogP contribution is -2.43. The lowest BCUT2D eigenvalue weighted by atomic mass is 10.0. The lowest BCUT2D eigenvalue weighted by molar-refractivity contribution is -0.126. The van der Waals surface area contributed by atoms with Crippen molar-refractivity contribution >= 4 is 34.9 Å². The van der Waals surface area contributed by atoms with Crippen LogP contribution in [0.2, 0.25) is 0 Å². The van der Waals surface area contributed by atoms with E-state index in [4.69, 9.17) is 16.2 Å². The number of carbonyl (C=O) groups is 3. The first-order valence-corrected chi connectivity index (χ1v) is 12.6. The van der Waals surface area contributed by atoms with Crippen LogP contribution in [0.4, 0.5) is 10.1 Å². The Morgan fingerprint density at radius 1 is 1.00 bits per heavy atom. The van der Waals surface area contributed by atoms with E-state index < -0.39 is 29.6 Å². The molecular weight excluding hydrogens is 521 g/mol. The van der Waals surface area contributed by atoms with Crippen LogP contribution in [-0.4, -0.2) is 34.1 Å². The largest absolute Gasteiger partial charge is 0.497 e. The Kier molecular flexibility index (Phi) is 8.52. The summed E-state index contributed by atoms with van der Waals surface area (Å²) in [7, 11) is 1.54. The van der Waals surface area contributed by atoms with E-state index >= 15 is 0 Å². The Morgan fingerprint density at radius 2 is 1.67 bits per heavy atom. The monoisotopic (exact) mass is 547 g/mol. The number of carbonyl (C=O) groups excluding carboxylic acids is 3. The van der Waals surface area contributed by atoms with Crippen LogP contribution in [0.25, 0.3) is 0 Å². The molecule has 0 bridgehead atoms. The highest BCUT2D eigenvalue weighted by Gasteiger charge is 2.35. The zero-order chi connectivity index (χ0) is 27.9. The molecular formula is C28H26FN5O4S. The van der Waals surface area contributed by atoms with E-state index in [0.717, 1.165) is 5.56 Å². The van der Waals surface area contributed by atoms with Crippen molar-refractivity contribution in [3.8, 4) is 5.75 Å². The first-order chi connectivity index (χ1) is 18.8. The number of benzene rings is 3. The van der Waals surface area contributed by atoms with E-state index in [2.05, 4.69) is 9.69 Å². The fraction of sp³-hybridized carbons (Fsp3) is 0.143. The van der Waals surface area contributed by atoms with E-state index in [0.29, 0.717) is 28.4 Å². The fourth-order valence-electron chi connectivity index (χ4n) is 3.97. The van der Waals surface area contributed by atoms with Gasteiger partial charge in [-0.3, -0.25) is 14.4 Å². The first kappa shape index (κ1) is 27.3. The molecule has 39 heavy (non-hydrogen) atoms. The van der Waals surface area contributed by atoms with Crippen LogP contribution in [0.3, 0.4) is 0 Å². The van der Waals surface area contributed by atoms with E-state index in [-0.39, 0.29) is 29.3 Å². The number of hydrogen-bond acceptors (Lipinski definition) is 7. The number of aromatic nitrogens is 1. The molecule has 5 N–H and O–H groups in total. The van der Waals surface area contributed by atoms with Crippen LogP contribution in [0.5, 0.6) is 5.75 Å². The molecule has 3 aromatic carbocycles. The van der Waals surface area contributed by atoms with Gasteiger partial charge >= 0.3 is 0 Å². The second kappa shape index (κ2) is 12.2. The predicted molar refractivity (Wildman–Crippen MR) is 145 cm³/mol. The number of nitrogens with zero attached hydrogens (tertiary/aromatic N) is 2. The quantitative estimate of drug-likeness (QED) is 0.277. The van der Waals surface area contributed by atoms with Crippen LogP contribution < -0.4 is 21.5 Å². The van der Waals surface area contributed by atoms with Gasteiger partial charge < -0.3 is 26.4 Å². The number of nitrogen functional groups attached to an aromatic ring is 1. The topological polar surface area (TPSA) is 141 Å². The normalized spacial score (nSPS) is 11.4. The summed E-state index contributed by atoms with van der Waals surface area (Å²) in [5.74, 6) is -1.89. The Hall–Kier alpha value is -4.77. The molecule has 0 saturated heterocycles. The molecule has 0 aliphatic rings.